The molecule has 5 heteroatoms. The van der Waals surface area contributed by atoms with E-state index >= 15 is 0 Å². The summed E-state index contributed by atoms with van der Waals surface area (Å²) < 4.78 is 0. The molecule has 2 rings (SSSR count). The molecule has 0 bridgehead atoms. The molecular weight excluding hydrogens is 290 g/mol. The van der Waals surface area contributed by atoms with E-state index in [0.717, 1.165) is 5.56 Å². The van der Waals surface area contributed by atoms with Crippen molar-refractivity contribution in [3.05, 3.63) is 64.2 Å². The Bertz CT molecular complexity index is 680. The molecule has 0 aliphatic rings. The van der Waals surface area contributed by atoms with Crippen LogP contribution in [0.3, 0.4) is 0 Å². The van der Waals surface area contributed by atoms with E-state index in [1.807, 2.05) is 13.0 Å². The number of aryl methyl sites for hydroxylation is 1. The summed E-state index contributed by atoms with van der Waals surface area (Å²) in [5, 5.41) is 11.9. The average Bonchev–Trinajstić information content (AvgIpc) is 2.43. The maximum atomic E-state index is 12.2. The molecule has 108 valence electrons. The molecule has 0 spiro atoms. The number of nitrogens with one attached hydrogen (secondary N) is 1. The third-order valence-electron chi connectivity index (χ3n) is 3.00. The Kier molecular flexibility index (Phi) is 4.60. The molecule has 0 saturated heterocycles. The second kappa shape index (κ2) is 6.41. The maximum absolute atomic E-state index is 12.2. The minimum absolute atomic E-state index is 0.0437. The van der Waals surface area contributed by atoms with Gasteiger partial charge in [-0.2, -0.15) is 0 Å². The molecule has 0 heterocycles. The van der Waals surface area contributed by atoms with Crippen molar-refractivity contribution in [1.82, 2.24) is 0 Å². The van der Waals surface area contributed by atoms with Crippen molar-refractivity contribution in [2.45, 2.75) is 13.3 Å². The number of anilines is 1. The third kappa shape index (κ3) is 3.83. The summed E-state index contributed by atoms with van der Waals surface area (Å²) in [6.45, 7) is 1.83. The van der Waals surface area contributed by atoms with Crippen LogP contribution in [0.5, 0.6) is 0 Å². The Morgan fingerprint density at radius 2 is 1.81 bits per heavy atom. The molecule has 0 aromatic heterocycles. The van der Waals surface area contributed by atoms with Gasteiger partial charge in [-0.15, -0.1) is 0 Å². The average molecular weight is 304 g/mol. The van der Waals surface area contributed by atoms with E-state index in [9.17, 15) is 9.59 Å². The molecule has 0 aliphatic heterocycles. The van der Waals surface area contributed by atoms with Crippen molar-refractivity contribution < 1.29 is 14.7 Å². The number of halogens is 1. The molecule has 0 unspecified atom stereocenters. The highest BCUT2D eigenvalue weighted by atomic mass is 35.5. The van der Waals surface area contributed by atoms with Gasteiger partial charge < -0.3 is 10.4 Å². The van der Waals surface area contributed by atoms with Crippen LogP contribution in [0.2, 0.25) is 5.02 Å². The lowest BCUT2D eigenvalue weighted by Crippen LogP contribution is -2.13. The number of rotatable bonds is 4. The van der Waals surface area contributed by atoms with Crippen LogP contribution in [0.1, 0.15) is 21.5 Å². The van der Waals surface area contributed by atoms with E-state index < -0.39 is 5.97 Å². The van der Waals surface area contributed by atoms with Gasteiger partial charge in [-0.3, -0.25) is 9.59 Å². The van der Waals surface area contributed by atoms with Crippen LogP contribution < -0.4 is 5.32 Å². The Labute approximate surface area is 127 Å². The third-order valence-corrected chi connectivity index (χ3v) is 3.51. The first kappa shape index (κ1) is 15.1. The van der Waals surface area contributed by atoms with Gasteiger partial charge in [0.2, 0.25) is 0 Å². The second-order valence-corrected chi connectivity index (χ2v) is 5.04. The summed E-state index contributed by atoms with van der Waals surface area (Å²) >= 11 is 6.11. The van der Waals surface area contributed by atoms with Gasteiger partial charge in [-0.05, 0) is 36.2 Å². The number of amides is 1. The zero-order valence-electron chi connectivity index (χ0n) is 11.4. The SMILES string of the molecule is Cc1cccc(C(=O)Nc2ccc(CC(=O)O)cc2)c1Cl. The van der Waals surface area contributed by atoms with Crippen LogP contribution in [0, 0.1) is 6.92 Å². The number of hydrogen-bond donors (Lipinski definition) is 2. The van der Waals surface area contributed by atoms with E-state index in [2.05, 4.69) is 5.32 Å². The largest absolute Gasteiger partial charge is 0.481 e. The van der Waals surface area contributed by atoms with Crippen LogP contribution in [0.25, 0.3) is 0 Å². The van der Waals surface area contributed by atoms with Gasteiger partial charge in [0.1, 0.15) is 0 Å². The maximum Gasteiger partial charge on any atom is 0.307 e. The first-order valence-electron chi connectivity index (χ1n) is 6.34. The predicted octanol–water partition coefficient (Wildman–Crippen LogP) is 3.53. The molecule has 0 aliphatic carbocycles. The zero-order chi connectivity index (χ0) is 15.4. The van der Waals surface area contributed by atoms with Gasteiger partial charge in [0.05, 0.1) is 17.0 Å². The number of benzene rings is 2. The Morgan fingerprint density at radius 3 is 2.43 bits per heavy atom. The molecular formula is C16H14ClNO3. The van der Waals surface area contributed by atoms with Gasteiger partial charge in [0.25, 0.3) is 5.91 Å². The number of hydrogen-bond acceptors (Lipinski definition) is 2. The molecule has 0 atom stereocenters. The molecule has 2 N–H and O–H groups in total. The molecule has 21 heavy (non-hydrogen) atoms. The van der Waals surface area contributed by atoms with E-state index in [-0.39, 0.29) is 12.3 Å². The molecule has 2 aromatic rings. The fourth-order valence-electron chi connectivity index (χ4n) is 1.90. The molecule has 0 radical (unpaired) electrons. The fraction of sp³-hybridized carbons (Fsp3) is 0.125. The highest BCUT2D eigenvalue weighted by molar-refractivity contribution is 6.35. The monoisotopic (exact) mass is 303 g/mol. The summed E-state index contributed by atoms with van der Waals surface area (Å²) in [5.74, 6) is -1.19. The lowest BCUT2D eigenvalue weighted by atomic mass is 10.1. The molecule has 0 fully saturated rings. The van der Waals surface area contributed by atoms with Gasteiger partial charge >= 0.3 is 5.97 Å². The van der Waals surface area contributed by atoms with Crippen LogP contribution >= 0.6 is 11.6 Å². The summed E-state index contributed by atoms with van der Waals surface area (Å²) in [4.78, 5) is 22.8. The van der Waals surface area contributed by atoms with Crippen LogP contribution in [0.4, 0.5) is 5.69 Å². The minimum Gasteiger partial charge on any atom is -0.481 e. The van der Waals surface area contributed by atoms with Crippen LogP contribution in [-0.4, -0.2) is 17.0 Å². The minimum atomic E-state index is -0.890. The van der Waals surface area contributed by atoms with E-state index in [0.29, 0.717) is 21.8 Å². The molecule has 1 amide bonds. The summed E-state index contributed by atoms with van der Waals surface area (Å²) in [5.41, 5.74) is 2.51. The number of aliphatic carboxylic acids is 1. The van der Waals surface area contributed by atoms with Crippen molar-refractivity contribution >= 4 is 29.2 Å². The highest BCUT2D eigenvalue weighted by Crippen LogP contribution is 2.21. The van der Waals surface area contributed by atoms with Gasteiger partial charge in [-0.25, -0.2) is 0 Å². The first-order chi connectivity index (χ1) is 9.97. The van der Waals surface area contributed by atoms with Gasteiger partial charge in [0.15, 0.2) is 0 Å². The normalized spacial score (nSPS) is 10.2. The quantitative estimate of drug-likeness (QED) is 0.908. The Balaban J connectivity index is 2.12. The van der Waals surface area contributed by atoms with Crippen molar-refractivity contribution in [2.75, 3.05) is 5.32 Å². The van der Waals surface area contributed by atoms with Gasteiger partial charge in [0, 0.05) is 5.69 Å². The standard InChI is InChI=1S/C16H14ClNO3/c1-10-3-2-4-13(15(10)17)16(21)18-12-7-5-11(6-8-12)9-14(19)20/h2-8H,9H2,1H3,(H,18,21)(H,19,20). The van der Waals surface area contributed by atoms with Crippen molar-refractivity contribution in [2.24, 2.45) is 0 Å². The van der Waals surface area contributed by atoms with Crippen molar-refractivity contribution in [3.8, 4) is 0 Å². The summed E-state index contributed by atoms with van der Waals surface area (Å²) in [6, 6.07) is 11.9. The van der Waals surface area contributed by atoms with E-state index in [1.54, 1.807) is 36.4 Å². The lowest BCUT2D eigenvalue weighted by molar-refractivity contribution is -0.136. The predicted molar refractivity (Wildman–Crippen MR) is 81.9 cm³/mol. The van der Waals surface area contributed by atoms with Crippen molar-refractivity contribution in [3.63, 3.8) is 0 Å². The number of carbonyl (C=O) groups is 2. The lowest BCUT2D eigenvalue weighted by Gasteiger charge is -2.08. The number of carboxylic acids is 1. The molecule has 2 aromatic carbocycles. The fourth-order valence-corrected chi connectivity index (χ4v) is 2.11. The summed E-state index contributed by atoms with van der Waals surface area (Å²) in [6.07, 6.45) is -0.0437. The zero-order valence-corrected chi connectivity index (χ0v) is 12.1. The van der Waals surface area contributed by atoms with Gasteiger partial charge in [-0.1, -0.05) is 35.9 Å². The Hall–Kier alpha value is -2.33. The highest BCUT2D eigenvalue weighted by Gasteiger charge is 2.11. The van der Waals surface area contributed by atoms with Crippen molar-refractivity contribution in [1.29, 1.82) is 0 Å². The topological polar surface area (TPSA) is 66.4 Å². The molecule has 4 nitrogen and oxygen atoms in total. The van der Waals surface area contributed by atoms with E-state index in [4.69, 9.17) is 16.7 Å². The Morgan fingerprint density at radius 1 is 1.14 bits per heavy atom. The summed E-state index contributed by atoms with van der Waals surface area (Å²) in [7, 11) is 0. The second-order valence-electron chi connectivity index (χ2n) is 4.66. The first-order valence-corrected chi connectivity index (χ1v) is 6.72. The van der Waals surface area contributed by atoms with Crippen LogP contribution in [0.15, 0.2) is 42.5 Å². The smallest absolute Gasteiger partial charge is 0.307 e. The number of carbonyl (C=O) groups excluding carboxylic acids is 1. The van der Waals surface area contributed by atoms with E-state index in [1.165, 1.54) is 0 Å². The number of carboxylic acid groups (broad SMARTS) is 1. The van der Waals surface area contributed by atoms with Crippen LogP contribution in [-0.2, 0) is 11.2 Å². The molecule has 0 saturated carbocycles.